The SMILES string of the molecule is Cc1ccn(CC2CCCNC2)c(=O)c1C(=O)Nc1cccc(CCC(=O)N(C)C)c1. The van der Waals surface area contributed by atoms with Crippen LogP contribution in [0.1, 0.15) is 40.7 Å². The van der Waals surface area contributed by atoms with Crippen molar-refractivity contribution in [2.45, 2.75) is 39.2 Å². The highest BCUT2D eigenvalue weighted by Gasteiger charge is 2.19. The summed E-state index contributed by atoms with van der Waals surface area (Å²) in [7, 11) is 3.47. The van der Waals surface area contributed by atoms with Crippen molar-refractivity contribution in [3.05, 3.63) is 63.6 Å². The van der Waals surface area contributed by atoms with Gasteiger partial charge in [-0.3, -0.25) is 14.4 Å². The van der Waals surface area contributed by atoms with E-state index in [1.54, 1.807) is 42.7 Å². The molecule has 0 aliphatic carbocycles. The molecule has 1 atom stereocenters. The second-order valence-corrected chi connectivity index (χ2v) is 8.49. The number of rotatable bonds is 7. The number of amides is 2. The van der Waals surface area contributed by atoms with Crippen molar-refractivity contribution < 1.29 is 9.59 Å². The molecule has 1 unspecified atom stereocenters. The third-order valence-corrected chi connectivity index (χ3v) is 5.77. The van der Waals surface area contributed by atoms with Crippen LogP contribution in [0.3, 0.4) is 0 Å². The lowest BCUT2D eigenvalue weighted by molar-refractivity contribution is -0.128. The molecule has 2 N–H and O–H groups in total. The predicted molar refractivity (Wildman–Crippen MR) is 122 cm³/mol. The fourth-order valence-electron chi connectivity index (χ4n) is 3.92. The fraction of sp³-hybridized carbons (Fsp3) is 0.458. The number of aromatic nitrogens is 1. The maximum absolute atomic E-state index is 13.0. The summed E-state index contributed by atoms with van der Waals surface area (Å²) in [6.07, 6.45) is 4.97. The Morgan fingerprint density at radius 2 is 2.06 bits per heavy atom. The van der Waals surface area contributed by atoms with Gasteiger partial charge >= 0.3 is 0 Å². The smallest absolute Gasteiger partial charge is 0.263 e. The van der Waals surface area contributed by atoms with Crippen LogP contribution in [0.4, 0.5) is 5.69 Å². The number of anilines is 1. The maximum atomic E-state index is 13.0. The quantitative estimate of drug-likeness (QED) is 0.715. The van der Waals surface area contributed by atoms with E-state index >= 15 is 0 Å². The van der Waals surface area contributed by atoms with Crippen LogP contribution in [0.25, 0.3) is 0 Å². The Labute approximate surface area is 183 Å². The number of piperidine rings is 1. The van der Waals surface area contributed by atoms with Crippen molar-refractivity contribution in [2.24, 2.45) is 5.92 Å². The molecule has 166 valence electrons. The Kier molecular flexibility index (Phi) is 7.63. The zero-order valence-electron chi connectivity index (χ0n) is 18.6. The largest absolute Gasteiger partial charge is 0.349 e. The first kappa shape index (κ1) is 22.7. The van der Waals surface area contributed by atoms with Crippen LogP contribution in [-0.2, 0) is 17.8 Å². The van der Waals surface area contributed by atoms with E-state index in [1.165, 1.54) is 0 Å². The zero-order chi connectivity index (χ0) is 22.4. The number of carbonyl (C=O) groups excluding carboxylic acids is 2. The van der Waals surface area contributed by atoms with Crippen molar-refractivity contribution in [3.8, 4) is 0 Å². The molecule has 2 heterocycles. The minimum absolute atomic E-state index is 0.0584. The van der Waals surface area contributed by atoms with Crippen LogP contribution < -0.4 is 16.2 Å². The van der Waals surface area contributed by atoms with E-state index in [0.29, 0.717) is 36.6 Å². The van der Waals surface area contributed by atoms with E-state index in [4.69, 9.17) is 0 Å². The van der Waals surface area contributed by atoms with Gasteiger partial charge < -0.3 is 20.1 Å². The van der Waals surface area contributed by atoms with Crippen LogP contribution in [0, 0.1) is 12.8 Å². The summed E-state index contributed by atoms with van der Waals surface area (Å²) in [5.74, 6) is 0.0508. The molecular formula is C24H32N4O3. The molecular weight excluding hydrogens is 392 g/mol. The number of pyridine rings is 1. The second kappa shape index (κ2) is 10.4. The lowest BCUT2D eigenvalue weighted by Gasteiger charge is -2.23. The van der Waals surface area contributed by atoms with Crippen molar-refractivity contribution >= 4 is 17.5 Å². The van der Waals surface area contributed by atoms with Gasteiger partial charge in [0.15, 0.2) is 0 Å². The minimum atomic E-state index is -0.403. The van der Waals surface area contributed by atoms with Gasteiger partial charge in [-0.2, -0.15) is 0 Å². The molecule has 1 saturated heterocycles. The van der Waals surface area contributed by atoms with Gasteiger partial charge in [0.05, 0.1) is 0 Å². The van der Waals surface area contributed by atoms with E-state index in [2.05, 4.69) is 10.6 Å². The number of benzene rings is 1. The molecule has 2 aromatic rings. The number of aryl methyl sites for hydroxylation is 2. The molecule has 0 bridgehead atoms. The fourth-order valence-corrected chi connectivity index (χ4v) is 3.92. The van der Waals surface area contributed by atoms with Gasteiger partial charge in [-0.25, -0.2) is 0 Å². The predicted octanol–water partition coefficient (Wildman–Crippen LogP) is 2.43. The Balaban J connectivity index is 1.73. The molecule has 1 aromatic carbocycles. The van der Waals surface area contributed by atoms with E-state index in [-0.39, 0.29) is 17.0 Å². The summed E-state index contributed by atoms with van der Waals surface area (Å²) in [6.45, 7) is 4.31. The number of nitrogens with zero attached hydrogens (tertiary/aromatic N) is 2. The molecule has 31 heavy (non-hydrogen) atoms. The molecule has 0 saturated carbocycles. The van der Waals surface area contributed by atoms with Crippen LogP contribution in [0.2, 0.25) is 0 Å². The van der Waals surface area contributed by atoms with Gasteiger partial charge in [-0.05, 0) is 74.5 Å². The van der Waals surface area contributed by atoms with Crippen molar-refractivity contribution in [3.63, 3.8) is 0 Å². The van der Waals surface area contributed by atoms with E-state index in [1.807, 2.05) is 24.3 Å². The highest BCUT2D eigenvalue weighted by atomic mass is 16.2. The molecule has 3 rings (SSSR count). The number of hydrogen-bond donors (Lipinski definition) is 2. The molecule has 1 aliphatic rings. The monoisotopic (exact) mass is 424 g/mol. The number of hydrogen-bond acceptors (Lipinski definition) is 4. The molecule has 1 aliphatic heterocycles. The molecule has 1 aromatic heterocycles. The Morgan fingerprint density at radius 1 is 1.26 bits per heavy atom. The summed E-state index contributed by atoms with van der Waals surface area (Å²) in [6, 6.07) is 9.25. The average Bonchev–Trinajstić information content (AvgIpc) is 2.75. The van der Waals surface area contributed by atoms with Gasteiger partial charge in [0, 0.05) is 38.9 Å². The van der Waals surface area contributed by atoms with E-state index < -0.39 is 5.91 Å². The molecule has 0 spiro atoms. The molecule has 0 radical (unpaired) electrons. The van der Waals surface area contributed by atoms with Gasteiger partial charge in [-0.15, -0.1) is 0 Å². The Bertz CT molecular complexity index is 991. The first-order valence-electron chi connectivity index (χ1n) is 10.9. The first-order valence-corrected chi connectivity index (χ1v) is 10.9. The first-order chi connectivity index (χ1) is 14.8. The van der Waals surface area contributed by atoms with Crippen LogP contribution >= 0.6 is 0 Å². The third-order valence-electron chi connectivity index (χ3n) is 5.77. The maximum Gasteiger partial charge on any atom is 0.263 e. The molecule has 7 heteroatoms. The minimum Gasteiger partial charge on any atom is -0.349 e. The van der Waals surface area contributed by atoms with Crippen LogP contribution in [0.15, 0.2) is 41.3 Å². The van der Waals surface area contributed by atoms with Crippen LogP contribution in [0.5, 0.6) is 0 Å². The number of nitrogens with one attached hydrogen (secondary N) is 2. The zero-order valence-corrected chi connectivity index (χ0v) is 18.6. The lowest BCUT2D eigenvalue weighted by Crippen LogP contribution is -2.36. The van der Waals surface area contributed by atoms with E-state index in [0.717, 1.165) is 31.5 Å². The Hall–Kier alpha value is -2.93. The number of carbonyl (C=O) groups is 2. The average molecular weight is 425 g/mol. The molecule has 2 amide bonds. The van der Waals surface area contributed by atoms with Gasteiger partial charge in [0.1, 0.15) is 5.56 Å². The highest BCUT2D eigenvalue weighted by Crippen LogP contribution is 2.16. The van der Waals surface area contributed by atoms with Crippen molar-refractivity contribution in [1.29, 1.82) is 0 Å². The van der Waals surface area contributed by atoms with Crippen molar-refractivity contribution in [1.82, 2.24) is 14.8 Å². The second-order valence-electron chi connectivity index (χ2n) is 8.49. The Morgan fingerprint density at radius 3 is 2.77 bits per heavy atom. The van der Waals surface area contributed by atoms with Gasteiger partial charge in [0.2, 0.25) is 5.91 Å². The highest BCUT2D eigenvalue weighted by molar-refractivity contribution is 6.05. The summed E-state index contributed by atoms with van der Waals surface area (Å²) in [4.78, 5) is 39.4. The van der Waals surface area contributed by atoms with Gasteiger partial charge in [-0.1, -0.05) is 12.1 Å². The summed E-state index contributed by atoms with van der Waals surface area (Å²) >= 11 is 0. The lowest BCUT2D eigenvalue weighted by atomic mass is 9.99. The molecule has 1 fully saturated rings. The topological polar surface area (TPSA) is 83.4 Å². The third kappa shape index (κ3) is 6.04. The van der Waals surface area contributed by atoms with Crippen molar-refractivity contribution in [2.75, 3.05) is 32.5 Å². The van der Waals surface area contributed by atoms with E-state index in [9.17, 15) is 14.4 Å². The molecule has 7 nitrogen and oxygen atoms in total. The van der Waals surface area contributed by atoms with Gasteiger partial charge in [0.25, 0.3) is 11.5 Å². The standard InChI is InChI=1S/C24H32N4O3/c1-17-11-13-28(16-19-7-5-12-25-15-19)24(31)22(17)23(30)26-20-8-4-6-18(14-20)9-10-21(29)27(2)3/h4,6,8,11,13-14,19,25H,5,7,9-10,12,15-16H2,1-3H3,(H,26,30). The summed E-state index contributed by atoms with van der Waals surface area (Å²) < 4.78 is 1.66. The summed E-state index contributed by atoms with van der Waals surface area (Å²) in [5, 5.41) is 6.23. The summed E-state index contributed by atoms with van der Waals surface area (Å²) in [5.41, 5.74) is 2.16. The van der Waals surface area contributed by atoms with Crippen LogP contribution in [-0.4, -0.2) is 48.5 Å². The normalized spacial score (nSPS) is 16.0.